The summed E-state index contributed by atoms with van der Waals surface area (Å²) >= 11 is 0. The average molecular weight is 513 g/mol. The van der Waals surface area contributed by atoms with Crippen molar-refractivity contribution in [1.29, 1.82) is 0 Å². The lowest BCUT2D eigenvalue weighted by Gasteiger charge is -2.35. The lowest BCUT2D eigenvalue weighted by molar-refractivity contribution is -0.128. The Morgan fingerprint density at radius 2 is 1.51 bits per heavy atom. The van der Waals surface area contributed by atoms with Crippen molar-refractivity contribution in [3.8, 4) is 5.75 Å². The number of carbonyl (C=O) groups excluding carboxylic acids is 1. The van der Waals surface area contributed by atoms with E-state index in [1.54, 1.807) is 48.5 Å². The maximum atomic E-state index is 13.7. The van der Waals surface area contributed by atoms with Crippen LogP contribution in [-0.2, 0) is 14.8 Å². The highest BCUT2D eigenvalue weighted by atomic mass is 32.2. The van der Waals surface area contributed by atoms with E-state index in [9.17, 15) is 13.2 Å². The number of para-hydroxylation sites is 2. The zero-order valence-corrected chi connectivity index (χ0v) is 21.5. The van der Waals surface area contributed by atoms with Crippen molar-refractivity contribution in [2.45, 2.75) is 30.9 Å². The van der Waals surface area contributed by atoms with Crippen LogP contribution in [0.5, 0.6) is 5.75 Å². The maximum Gasteiger partial charge on any atom is 0.264 e. The normalized spacial score (nSPS) is 15.8. The molecule has 1 N–H and O–H groups in total. The smallest absolute Gasteiger partial charge is 0.264 e. The third-order valence-electron chi connectivity index (χ3n) is 6.56. The summed E-state index contributed by atoms with van der Waals surface area (Å²) in [4.78, 5) is 13.8. The second-order valence-corrected chi connectivity index (χ2v) is 11.0. The molecule has 4 aromatic rings. The van der Waals surface area contributed by atoms with Crippen LogP contribution in [0.25, 0.3) is 0 Å². The first-order valence-corrected chi connectivity index (χ1v) is 13.5. The average Bonchev–Trinajstić information content (AvgIpc) is 2.92. The molecule has 37 heavy (non-hydrogen) atoms. The summed E-state index contributed by atoms with van der Waals surface area (Å²) in [5.41, 5.74) is 4.29. The molecule has 6 nitrogen and oxygen atoms in total. The Labute approximate surface area is 217 Å². The molecule has 1 heterocycles. The molecule has 1 amide bonds. The number of rotatable bonds is 6. The van der Waals surface area contributed by atoms with E-state index in [0.717, 1.165) is 22.3 Å². The molecular formula is C30H28N2O4S. The van der Waals surface area contributed by atoms with Crippen molar-refractivity contribution in [2.75, 3.05) is 10.8 Å². The summed E-state index contributed by atoms with van der Waals surface area (Å²) in [7, 11) is -3.92. The van der Waals surface area contributed by atoms with Gasteiger partial charge in [-0.1, -0.05) is 84.4 Å². The number of aryl methyl sites for hydroxylation is 2. The molecule has 1 aliphatic heterocycles. The van der Waals surface area contributed by atoms with E-state index in [1.165, 1.54) is 4.31 Å². The molecule has 0 bridgehead atoms. The molecule has 188 valence electrons. The number of fused-ring (bicyclic) bond motifs is 1. The number of hydrogen-bond acceptors (Lipinski definition) is 4. The first-order chi connectivity index (χ1) is 17.8. The van der Waals surface area contributed by atoms with Gasteiger partial charge in [0.25, 0.3) is 15.9 Å². The Morgan fingerprint density at radius 1 is 0.865 bits per heavy atom. The van der Waals surface area contributed by atoms with Crippen LogP contribution in [0, 0.1) is 13.8 Å². The minimum Gasteiger partial charge on any atom is -0.476 e. The van der Waals surface area contributed by atoms with Gasteiger partial charge in [0, 0.05) is 0 Å². The number of amides is 1. The van der Waals surface area contributed by atoms with Gasteiger partial charge in [-0.3, -0.25) is 9.10 Å². The van der Waals surface area contributed by atoms with Crippen LogP contribution in [0.4, 0.5) is 5.69 Å². The van der Waals surface area contributed by atoms with Crippen LogP contribution in [0.15, 0.2) is 108 Å². The fraction of sp³-hybridized carbons (Fsp3) is 0.167. The Bertz CT molecular complexity index is 1520. The summed E-state index contributed by atoms with van der Waals surface area (Å²) in [6.45, 7) is 3.76. The predicted molar refractivity (Wildman–Crippen MR) is 144 cm³/mol. The van der Waals surface area contributed by atoms with E-state index < -0.39 is 28.1 Å². The van der Waals surface area contributed by atoms with E-state index in [0.29, 0.717) is 11.4 Å². The Morgan fingerprint density at radius 3 is 2.24 bits per heavy atom. The molecule has 4 aromatic carbocycles. The topological polar surface area (TPSA) is 75.7 Å². The number of nitrogens with zero attached hydrogens (tertiary/aromatic N) is 1. The van der Waals surface area contributed by atoms with Crippen LogP contribution < -0.4 is 14.4 Å². The van der Waals surface area contributed by atoms with Crippen LogP contribution >= 0.6 is 0 Å². The van der Waals surface area contributed by atoms with E-state index in [4.69, 9.17) is 4.74 Å². The molecule has 0 fully saturated rings. The number of ether oxygens (including phenoxy) is 1. The quantitative estimate of drug-likeness (QED) is 0.387. The molecular weight excluding hydrogens is 484 g/mol. The van der Waals surface area contributed by atoms with Crippen LogP contribution in [-0.4, -0.2) is 27.0 Å². The Hall–Kier alpha value is -4.10. The molecule has 0 saturated carbocycles. The zero-order chi connectivity index (χ0) is 26.0. The van der Waals surface area contributed by atoms with Crippen molar-refractivity contribution in [1.82, 2.24) is 5.32 Å². The van der Waals surface area contributed by atoms with Gasteiger partial charge in [-0.25, -0.2) is 8.42 Å². The number of hydrogen-bond donors (Lipinski definition) is 1. The van der Waals surface area contributed by atoms with Crippen molar-refractivity contribution < 1.29 is 17.9 Å². The SMILES string of the molecule is Cc1ccc(S(=O)(=O)N2C[C@@H](C(=O)N[C@H](c3ccccc3)c3ccccc3C)Oc3ccccc32)cc1. The van der Waals surface area contributed by atoms with Gasteiger partial charge in [-0.15, -0.1) is 0 Å². The van der Waals surface area contributed by atoms with Gasteiger partial charge in [0.05, 0.1) is 23.2 Å². The van der Waals surface area contributed by atoms with E-state index in [-0.39, 0.29) is 11.4 Å². The fourth-order valence-electron chi connectivity index (χ4n) is 4.54. The van der Waals surface area contributed by atoms with Gasteiger partial charge in [-0.05, 0) is 54.8 Å². The number of sulfonamides is 1. The van der Waals surface area contributed by atoms with Gasteiger partial charge in [-0.2, -0.15) is 0 Å². The highest BCUT2D eigenvalue weighted by molar-refractivity contribution is 7.92. The van der Waals surface area contributed by atoms with Crippen LogP contribution in [0.2, 0.25) is 0 Å². The fourth-order valence-corrected chi connectivity index (χ4v) is 6.01. The summed E-state index contributed by atoms with van der Waals surface area (Å²) < 4.78 is 34.7. The number of nitrogens with one attached hydrogen (secondary N) is 1. The standard InChI is InChI=1S/C30H28N2O4S/c1-21-16-18-24(19-17-21)37(34,35)32-20-28(36-27-15-9-8-14-26(27)32)30(33)31-29(23-11-4-3-5-12-23)25-13-7-6-10-22(25)2/h3-19,28-29H,20H2,1-2H3,(H,31,33)/t28-,29+/m0/s1. The second-order valence-electron chi connectivity index (χ2n) is 9.13. The van der Waals surface area contributed by atoms with Crippen molar-refractivity contribution in [2.24, 2.45) is 0 Å². The third kappa shape index (κ3) is 4.95. The molecule has 0 radical (unpaired) electrons. The molecule has 0 aliphatic carbocycles. The highest BCUT2D eigenvalue weighted by Crippen LogP contribution is 2.37. The predicted octanol–water partition coefficient (Wildman–Crippen LogP) is 5.17. The minimum absolute atomic E-state index is 0.145. The molecule has 2 atom stereocenters. The minimum atomic E-state index is -3.92. The summed E-state index contributed by atoms with van der Waals surface area (Å²) in [6.07, 6.45) is -1.04. The molecule has 0 saturated heterocycles. The van der Waals surface area contributed by atoms with E-state index in [2.05, 4.69) is 5.32 Å². The number of anilines is 1. The van der Waals surface area contributed by atoms with Gasteiger partial charge >= 0.3 is 0 Å². The van der Waals surface area contributed by atoms with Gasteiger partial charge in [0.15, 0.2) is 6.10 Å². The first kappa shape index (κ1) is 24.6. The molecule has 0 aromatic heterocycles. The molecule has 1 aliphatic rings. The molecule has 0 unspecified atom stereocenters. The highest BCUT2D eigenvalue weighted by Gasteiger charge is 2.38. The number of benzene rings is 4. The Kier molecular flexibility index (Phi) is 6.72. The summed E-state index contributed by atoms with van der Waals surface area (Å²) in [5.74, 6) is -0.0487. The summed E-state index contributed by atoms with van der Waals surface area (Å²) in [6, 6.07) is 30.7. The number of carbonyl (C=O) groups is 1. The molecule has 5 rings (SSSR count). The van der Waals surface area contributed by atoms with E-state index >= 15 is 0 Å². The van der Waals surface area contributed by atoms with Crippen molar-refractivity contribution >= 4 is 21.6 Å². The lowest BCUT2D eigenvalue weighted by Crippen LogP contribution is -2.51. The molecule has 0 spiro atoms. The zero-order valence-electron chi connectivity index (χ0n) is 20.7. The van der Waals surface area contributed by atoms with E-state index in [1.807, 2.05) is 68.4 Å². The lowest BCUT2D eigenvalue weighted by atomic mass is 9.94. The first-order valence-electron chi connectivity index (χ1n) is 12.1. The summed E-state index contributed by atoms with van der Waals surface area (Å²) in [5, 5.41) is 3.12. The maximum absolute atomic E-state index is 13.7. The van der Waals surface area contributed by atoms with Crippen molar-refractivity contribution in [3.63, 3.8) is 0 Å². The largest absolute Gasteiger partial charge is 0.476 e. The monoisotopic (exact) mass is 512 g/mol. The molecule has 7 heteroatoms. The van der Waals surface area contributed by atoms with Gasteiger partial charge in [0.1, 0.15) is 5.75 Å². The van der Waals surface area contributed by atoms with Gasteiger partial charge < -0.3 is 10.1 Å². The Balaban J connectivity index is 1.49. The second kappa shape index (κ2) is 10.1. The van der Waals surface area contributed by atoms with Crippen molar-refractivity contribution in [3.05, 3.63) is 125 Å². The van der Waals surface area contributed by atoms with Crippen LogP contribution in [0.1, 0.15) is 28.3 Å². The van der Waals surface area contributed by atoms with Gasteiger partial charge in [0.2, 0.25) is 0 Å². The third-order valence-corrected chi connectivity index (χ3v) is 8.35. The van der Waals surface area contributed by atoms with Crippen LogP contribution in [0.3, 0.4) is 0 Å².